The summed E-state index contributed by atoms with van der Waals surface area (Å²) in [5.74, 6) is -0.556. The second-order valence-corrected chi connectivity index (χ2v) is 30.0. The van der Waals surface area contributed by atoms with Crippen molar-refractivity contribution in [2.75, 3.05) is 39.6 Å². The van der Waals surface area contributed by atoms with Gasteiger partial charge in [-0.05, 0) is 37.5 Å². The van der Waals surface area contributed by atoms with E-state index in [1.54, 1.807) is 0 Å². The van der Waals surface area contributed by atoms with Gasteiger partial charge in [-0.15, -0.1) is 0 Å². The van der Waals surface area contributed by atoms with Gasteiger partial charge >= 0.3 is 39.5 Å². The minimum atomic E-state index is -4.95. The molecular weight excluding hydrogens is 1210 g/mol. The van der Waals surface area contributed by atoms with E-state index < -0.39 is 97.5 Å². The Balaban J connectivity index is 5.26. The molecule has 0 radical (unpaired) electrons. The summed E-state index contributed by atoms with van der Waals surface area (Å²) >= 11 is 0. The van der Waals surface area contributed by atoms with Crippen molar-refractivity contribution >= 4 is 39.5 Å². The number of carbonyl (C=O) groups is 4. The summed E-state index contributed by atoms with van der Waals surface area (Å²) in [6.07, 6.45) is 51.1. The molecule has 6 atom stereocenters. The maximum Gasteiger partial charge on any atom is 0.472 e. The fourth-order valence-electron chi connectivity index (χ4n) is 11.1. The largest absolute Gasteiger partial charge is 0.472 e. The predicted molar refractivity (Wildman–Crippen MR) is 372 cm³/mol. The van der Waals surface area contributed by atoms with Gasteiger partial charge in [0.1, 0.15) is 19.3 Å². The lowest BCUT2D eigenvalue weighted by atomic mass is 9.99. The number of phosphoric acid groups is 2. The van der Waals surface area contributed by atoms with Gasteiger partial charge in [-0.2, -0.15) is 0 Å². The van der Waals surface area contributed by atoms with Crippen molar-refractivity contribution < 1.29 is 80.2 Å². The molecule has 0 aromatic rings. The molecule has 0 aromatic carbocycles. The Morgan fingerprint density at radius 1 is 0.315 bits per heavy atom. The number of esters is 4. The van der Waals surface area contributed by atoms with Gasteiger partial charge in [0.05, 0.1) is 26.4 Å². The quantitative estimate of drug-likeness (QED) is 0.0222. The maximum absolute atomic E-state index is 13.1. The first-order chi connectivity index (χ1) is 44.4. The highest BCUT2D eigenvalue weighted by molar-refractivity contribution is 7.47. The van der Waals surface area contributed by atoms with Crippen molar-refractivity contribution in [1.82, 2.24) is 0 Å². The normalized spacial score (nSPS) is 14.4. The maximum atomic E-state index is 13.1. The first kappa shape index (κ1) is 90.1. The van der Waals surface area contributed by atoms with Gasteiger partial charge in [0.2, 0.25) is 0 Å². The lowest BCUT2D eigenvalue weighted by Crippen LogP contribution is -2.30. The zero-order valence-electron chi connectivity index (χ0n) is 59.9. The van der Waals surface area contributed by atoms with E-state index in [-0.39, 0.29) is 25.7 Å². The van der Waals surface area contributed by atoms with Crippen molar-refractivity contribution in [1.29, 1.82) is 0 Å². The Morgan fingerprint density at radius 2 is 0.554 bits per heavy atom. The van der Waals surface area contributed by atoms with E-state index in [1.807, 2.05) is 0 Å². The SMILES string of the molecule is CCCCCCCCCCCCCCCCCC(=O)O[C@H](COC(=O)CCCCCCCCCCCCC(C)CC)COP(=O)(O)OC[C@@H](O)COP(=O)(O)OC[C@@H](COC(=O)CCCCCCCCCCCC)OC(=O)CCCCCCCCCCCCC(C)C. The molecule has 0 amide bonds. The van der Waals surface area contributed by atoms with Crippen LogP contribution in [0, 0.1) is 11.8 Å². The van der Waals surface area contributed by atoms with E-state index in [2.05, 4.69) is 41.5 Å². The van der Waals surface area contributed by atoms with Crippen molar-refractivity contribution in [3.8, 4) is 0 Å². The van der Waals surface area contributed by atoms with E-state index in [4.69, 9.17) is 37.0 Å². The third-order valence-electron chi connectivity index (χ3n) is 17.3. The van der Waals surface area contributed by atoms with Gasteiger partial charge in [0, 0.05) is 25.7 Å². The molecule has 3 N–H and O–H groups in total. The highest BCUT2D eigenvalue weighted by atomic mass is 31.2. The van der Waals surface area contributed by atoms with Crippen LogP contribution in [0.1, 0.15) is 375 Å². The second-order valence-electron chi connectivity index (χ2n) is 27.1. The van der Waals surface area contributed by atoms with Crippen LogP contribution in [0.3, 0.4) is 0 Å². The Morgan fingerprint density at radius 3 is 0.826 bits per heavy atom. The fourth-order valence-corrected chi connectivity index (χ4v) is 12.7. The Labute approximate surface area is 562 Å². The summed E-state index contributed by atoms with van der Waals surface area (Å²) in [6.45, 7) is 9.59. The number of hydrogen-bond acceptors (Lipinski definition) is 15. The number of hydrogen-bond donors (Lipinski definition) is 3. The molecule has 0 aromatic heterocycles. The van der Waals surface area contributed by atoms with Gasteiger partial charge < -0.3 is 33.8 Å². The van der Waals surface area contributed by atoms with Crippen LogP contribution in [0.5, 0.6) is 0 Å². The number of carbonyl (C=O) groups excluding carboxylic acids is 4. The van der Waals surface area contributed by atoms with E-state index in [0.717, 1.165) is 102 Å². The molecule has 0 spiro atoms. The van der Waals surface area contributed by atoms with Crippen LogP contribution >= 0.6 is 15.6 Å². The number of phosphoric ester groups is 2. The number of aliphatic hydroxyl groups excluding tert-OH is 1. The molecule has 0 fully saturated rings. The van der Waals surface area contributed by atoms with E-state index in [1.165, 1.54) is 193 Å². The first-order valence-corrected chi connectivity index (χ1v) is 41.0. The highest BCUT2D eigenvalue weighted by Gasteiger charge is 2.30. The van der Waals surface area contributed by atoms with Gasteiger partial charge in [0.25, 0.3) is 0 Å². The highest BCUT2D eigenvalue weighted by Crippen LogP contribution is 2.45. The van der Waals surface area contributed by atoms with Gasteiger partial charge in [-0.3, -0.25) is 37.3 Å². The number of ether oxygens (including phenoxy) is 4. The fraction of sp³-hybridized carbons (Fsp3) is 0.945. The van der Waals surface area contributed by atoms with Crippen LogP contribution in [0.25, 0.3) is 0 Å². The molecule has 0 bridgehead atoms. The van der Waals surface area contributed by atoms with E-state index >= 15 is 0 Å². The zero-order chi connectivity index (χ0) is 67.9. The summed E-state index contributed by atoms with van der Waals surface area (Å²) in [6, 6.07) is 0. The summed E-state index contributed by atoms with van der Waals surface area (Å²) in [5.41, 5.74) is 0. The number of unbranched alkanes of at least 4 members (excludes halogenated alkanes) is 41. The van der Waals surface area contributed by atoms with Crippen LogP contribution in [0.15, 0.2) is 0 Å². The average molecular weight is 1350 g/mol. The Bertz CT molecular complexity index is 1790. The molecule has 92 heavy (non-hydrogen) atoms. The van der Waals surface area contributed by atoms with Crippen LogP contribution in [0.2, 0.25) is 0 Å². The summed E-state index contributed by atoms with van der Waals surface area (Å²) in [5, 5.41) is 10.6. The lowest BCUT2D eigenvalue weighted by Gasteiger charge is -2.21. The minimum absolute atomic E-state index is 0.106. The molecule has 0 rings (SSSR count). The topological polar surface area (TPSA) is 237 Å². The van der Waals surface area contributed by atoms with Crippen molar-refractivity contribution in [2.45, 2.75) is 394 Å². The molecule has 0 heterocycles. The molecule has 546 valence electrons. The summed E-state index contributed by atoms with van der Waals surface area (Å²) in [4.78, 5) is 72.7. The van der Waals surface area contributed by atoms with Gasteiger partial charge in [0.15, 0.2) is 12.2 Å². The molecule has 0 aliphatic heterocycles. The number of aliphatic hydroxyl groups is 1. The van der Waals surface area contributed by atoms with Gasteiger partial charge in [-0.1, -0.05) is 324 Å². The first-order valence-electron chi connectivity index (χ1n) is 38.0. The molecular formula is C73H142O17P2. The lowest BCUT2D eigenvalue weighted by molar-refractivity contribution is -0.161. The van der Waals surface area contributed by atoms with E-state index in [0.29, 0.717) is 25.7 Å². The standard InChI is InChI=1S/C73H142O17P2/c1-7-10-12-14-16-18-20-21-22-23-24-33-39-45-51-57-72(77)89-69(62-84-71(76)56-50-44-38-32-28-26-30-36-42-48-54-66(6)9-3)64-88-92(81,82)86-60-67(74)59-85-91(79,80)87-63-68(61-83-70(75)55-49-43-37-31-19-17-15-13-11-8-2)90-73(78)58-52-46-40-34-27-25-29-35-41-47-53-65(4)5/h65-69,74H,7-64H2,1-6H3,(H,79,80)(H,81,82)/t66?,67-,68+,69+/m0/s1. The van der Waals surface area contributed by atoms with Gasteiger partial charge in [-0.25, -0.2) is 9.13 Å². The summed E-state index contributed by atoms with van der Waals surface area (Å²) < 4.78 is 68.4. The molecule has 0 saturated carbocycles. The van der Waals surface area contributed by atoms with Crippen LogP contribution < -0.4 is 0 Å². The molecule has 0 saturated heterocycles. The van der Waals surface area contributed by atoms with Crippen LogP contribution in [-0.4, -0.2) is 96.7 Å². The molecule has 19 heteroatoms. The molecule has 3 unspecified atom stereocenters. The Kier molecular flexibility index (Phi) is 63.7. The molecule has 0 aliphatic carbocycles. The van der Waals surface area contributed by atoms with Crippen LogP contribution in [0.4, 0.5) is 0 Å². The Hall–Kier alpha value is -1.94. The van der Waals surface area contributed by atoms with Crippen LogP contribution in [-0.2, 0) is 65.4 Å². The van der Waals surface area contributed by atoms with Crippen molar-refractivity contribution in [3.63, 3.8) is 0 Å². The van der Waals surface area contributed by atoms with Crippen molar-refractivity contribution in [2.24, 2.45) is 11.8 Å². The predicted octanol–water partition coefficient (Wildman–Crippen LogP) is 21.2. The smallest absolute Gasteiger partial charge is 0.462 e. The molecule has 17 nitrogen and oxygen atoms in total. The van der Waals surface area contributed by atoms with E-state index in [9.17, 15) is 43.2 Å². The molecule has 0 aliphatic rings. The third kappa shape index (κ3) is 65.4. The number of rotatable bonds is 72. The zero-order valence-corrected chi connectivity index (χ0v) is 61.6. The average Bonchev–Trinajstić information content (AvgIpc) is 2.15. The monoisotopic (exact) mass is 1350 g/mol. The minimum Gasteiger partial charge on any atom is -0.462 e. The summed E-state index contributed by atoms with van der Waals surface area (Å²) in [7, 11) is -9.91. The third-order valence-corrected chi connectivity index (χ3v) is 19.2. The van der Waals surface area contributed by atoms with Crippen molar-refractivity contribution in [3.05, 3.63) is 0 Å². The second kappa shape index (κ2) is 65.0.